The second kappa shape index (κ2) is 11.0. The molecule has 2 atom stereocenters. The Morgan fingerprint density at radius 3 is 2.65 bits per heavy atom. The molecule has 5 nitrogen and oxygen atoms in total. The van der Waals surface area contributed by atoms with Crippen LogP contribution in [0.25, 0.3) is 0 Å². The van der Waals surface area contributed by atoms with Crippen LogP contribution in [-0.2, 0) is 0 Å². The van der Waals surface area contributed by atoms with Gasteiger partial charge in [0.05, 0.1) is 12.6 Å². The van der Waals surface area contributed by atoms with E-state index in [1.165, 1.54) is 6.07 Å². The standard InChI is InChI=1S/C18H29F2N5.HI/c1-5-21-18(22-11-15-12-24(3)8-9-25(15)4)23-13(2)14-6-7-16(19)17(20)10-14;/h6-7,10,13,15H,5,8-9,11-12H2,1-4H3,(H2,21,22,23);1H. The van der Waals surface area contributed by atoms with Crippen LogP contribution in [0.15, 0.2) is 23.2 Å². The fourth-order valence-electron chi connectivity index (χ4n) is 2.89. The lowest BCUT2D eigenvalue weighted by molar-refractivity contribution is 0.119. The van der Waals surface area contributed by atoms with Crippen LogP contribution in [0.5, 0.6) is 0 Å². The third-order valence-electron chi connectivity index (χ3n) is 4.58. The molecular weight excluding hydrogens is 451 g/mol. The van der Waals surface area contributed by atoms with Gasteiger partial charge in [0.1, 0.15) is 0 Å². The highest BCUT2D eigenvalue weighted by Gasteiger charge is 2.22. The monoisotopic (exact) mass is 481 g/mol. The molecule has 0 spiro atoms. The number of hydrogen-bond acceptors (Lipinski definition) is 3. The van der Waals surface area contributed by atoms with E-state index in [2.05, 4.69) is 39.5 Å². The summed E-state index contributed by atoms with van der Waals surface area (Å²) in [6.07, 6.45) is 0. The van der Waals surface area contributed by atoms with Gasteiger partial charge in [0.15, 0.2) is 17.6 Å². The van der Waals surface area contributed by atoms with E-state index >= 15 is 0 Å². The minimum absolute atomic E-state index is 0. The smallest absolute Gasteiger partial charge is 0.191 e. The second-order valence-corrected chi connectivity index (χ2v) is 6.66. The van der Waals surface area contributed by atoms with Gasteiger partial charge in [-0.15, -0.1) is 24.0 Å². The summed E-state index contributed by atoms with van der Waals surface area (Å²) in [5.74, 6) is -0.984. The molecule has 2 rings (SSSR count). The maximum absolute atomic E-state index is 13.4. The zero-order chi connectivity index (χ0) is 18.4. The fraction of sp³-hybridized carbons (Fsp3) is 0.611. The van der Waals surface area contributed by atoms with Gasteiger partial charge in [-0.1, -0.05) is 6.07 Å². The molecular formula is C18H30F2IN5. The van der Waals surface area contributed by atoms with Crippen molar-refractivity contribution in [1.82, 2.24) is 20.4 Å². The number of guanidine groups is 1. The van der Waals surface area contributed by atoms with E-state index in [4.69, 9.17) is 0 Å². The Morgan fingerprint density at radius 2 is 2.00 bits per heavy atom. The lowest BCUT2D eigenvalue weighted by Gasteiger charge is -2.37. The average molecular weight is 481 g/mol. The van der Waals surface area contributed by atoms with Gasteiger partial charge in [0.2, 0.25) is 0 Å². The van der Waals surface area contributed by atoms with Crippen molar-refractivity contribution in [3.05, 3.63) is 35.4 Å². The molecule has 0 aliphatic carbocycles. The number of piperazine rings is 1. The maximum Gasteiger partial charge on any atom is 0.191 e. The average Bonchev–Trinajstić information content (AvgIpc) is 2.58. The first-order valence-electron chi connectivity index (χ1n) is 8.79. The Labute approximate surface area is 172 Å². The number of aliphatic imine (C=N–C) groups is 1. The van der Waals surface area contributed by atoms with Gasteiger partial charge >= 0.3 is 0 Å². The summed E-state index contributed by atoms with van der Waals surface area (Å²) in [6.45, 7) is 8.41. The zero-order valence-corrected chi connectivity index (χ0v) is 18.3. The number of nitrogens with one attached hydrogen (secondary N) is 2. The Bertz CT molecular complexity index is 599. The quantitative estimate of drug-likeness (QED) is 0.386. The van der Waals surface area contributed by atoms with Gasteiger partial charge in [0, 0.05) is 32.2 Å². The Hall–Kier alpha value is -1.00. The topological polar surface area (TPSA) is 42.9 Å². The first-order chi connectivity index (χ1) is 11.9. The maximum atomic E-state index is 13.4. The molecule has 0 amide bonds. The molecule has 1 aliphatic heterocycles. The lowest BCUT2D eigenvalue weighted by atomic mass is 10.1. The van der Waals surface area contributed by atoms with Crippen LogP contribution in [0.3, 0.4) is 0 Å². The molecule has 1 aliphatic rings. The highest BCUT2D eigenvalue weighted by atomic mass is 127. The van der Waals surface area contributed by atoms with Gasteiger partial charge in [-0.05, 0) is 45.6 Å². The van der Waals surface area contributed by atoms with Crippen LogP contribution in [0, 0.1) is 11.6 Å². The molecule has 0 saturated carbocycles. The van der Waals surface area contributed by atoms with Crippen molar-refractivity contribution in [2.75, 3.05) is 46.8 Å². The van der Waals surface area contributed by atoms with Crippen molar-refractivity contribution >= 4 is 29.9 Å². The van der Waals surface area contributed by atoms with Crippen LogP contribution in [0.2, 0.25) is 0 Å². The molecule has 1 fully saturated rings. The highest BCUT2D eigenvalue weighted by molar-refractivity contribution is 14.0. The first-order valence-corrected chi connectivity index (χ1v) is 8.79. The summed E-state index contributed by atoms with van der Waals surface area (Å²) in [7, 11) is 4.25. The van der Waals surface area contributed by atoms with Gasteiger partial charge in [-0.3, -0.25) is 9.89 Å². The van der Waals surface area contributed by atoms with E-state index in [0.29, 0.717) is 24.1 Å². The Kier molecular flexibility index (Phi) is 9.73. The molecule has 1 aromatic rings. The number of benzene rings is 1. The van der Waals surface area contributed by atoms with Crippen molar-refractivity contribution in [2.24, 2.45) is 4.99 Å². The van der Waals surface area contributed by atoms with Gasteiger partial charge < -0.3 is 15.5 Å². The van der Waals surface area contributed by atoms with Crippen molar-refractivity contribution in [3.8, 4) is 0 Å². The molecule has 1 saturated heterocycles. The largest absolute Gasteiger partial charge is 0.357 e. The van der Waals surface area contributed by atoms with E-state index < -0.39 is 11.6 Å². The normalized spacial score (nSPS) is 20.4. The molecule has 2 unspecified atom stereocenters. The number of nitrogens with zero attached hydrogens (tertiary/aromatic N) is 3. The van der Waals surface area contributed by atoms with Crippen molar-refractivity contribution in [1.29, 1.82) is 0 Å². The van der Waals surface area contributed by atoms with Crippen LogP contribution < -0.4 is 10.6 Å². The minimum Gasteiger partial charge on any atom is -0.357 e. The summed E-state index contributed by atoms with van der Waals surface area (Å²) in [6, 6.07) is 4.15. The van der Waals surface area contributed by atoms with Gasteiger partial charge in [0.25, 0.3) is 0 Å². The molecule has 0 bridgehead atoms. The van der Waals surface area contributed by atoms with E-state index in [1.54, 1.807) is 6.07 Å². The predicted octanol–water partition coefficient (Wildman–Crippen LogP) is 2.44. The molecule has 148 valence electrons. The molecule has 0 radical (unpaired) electrons. The van der Waals surface area contributed by atoms with E-state index in [-0.39, 0.29) is 30.0 Å². The van der Waals surface area contributed by atoms with Crippen LogP contribution in [0.4, 0.5) is 8.78 Å². The summed E-state index contributed by atoms with van der Waals surface area (Å²) in [5.41, 5.74) is 0.680. The number of rotatable bonds is 5. The molecule has 26 heavy (non-hydrogen) atoms. The Balaban J connectivity index is 0.00000338. The van der Waals surface area contributed by atoms with Crippen molar-refractivity contribution in [3.63, 3.8) is 0 Å². The fourth-order valence-corrected chi connectivity index (χ4v) is 2.89. The predicted molar refractivity (Wildman–Crippen MR) is 113 cm³/mol. The first kappa shape index (κ1) is 23.0. The SMILES string of the molecule is CCNC(=NCC1CN(C)CCN1C)NC(C)c1ccc(F)c(F)c1.I. The third-order valence-corrected chi connectivity index (χ3v) is 4.58. The third kappa shape index (κ3) is 6.62. The second-order valence-electron chi connectivity index (χ2n) is 6.66. The zero-order valence-electron chi connectivity index (χ0n) is 15.9. The molecule has 1 heterocycles. The number of likely N-dealkylation sites (N-methyl/N-ethyl adjacent to an activating group) is 2. The van der Waals surface area contributed by atoms with Gasteiger partial charge in [-0.2, -0.15) is 0 Å². The number of halogens is 3. The van der Waals surface area contributed by atoms with Crippen molar-refractivity contribution < 1.29 is 8.78 Å². The van der Waals surface area contributed by atoms with Crippen LogP contribution in [-0.4, -0.2) is 68.6 Å². The van der Waals surface area contributed by atoms with Crippen LogP contribution in [0.1, 0.15) is 25.5 Å². The van der Waals surface area contributed by atoms with E-state index in [9.17, 15) is 8.78 Å². The molecule has 1 aromatic carbocycles. The van der Waals surface area contributed by atoms with E-state index in [1.807, 2.05) is 13.8 Å². The summed E-state index contributed by atoms with van der Waals surface area (Å²) < 4.78 is 26.5. The van der Waals surface area contributed by atoms with Crippen molar-refractivity contribution in [2.45, 2.75) is 25.9 Å². The summed E-state index contributed by atoms with van der Waals surface area (Å²) in [5, 5.41) is 6.48. The number of hydrogen-bond donors (Lipinski definition) is 2. The molecule has 8 heteroatoms. The highest BCUT2D eigenvalue weighted by Crippen LogP contribution is 2.16. The summed E-state index contributed by atoms with van der Waals surface area (Å²) in [4.78, 5) is 9.32. The summed E-state index contributed by atoms with van der Waals surface area (Å²) >= 11 is 0. The Morgan fingerprint density at radius 1 is 1.27 bits per heavy atom. The molecule has 2 N–H and O–H groups in total. The lowest BCUT2D eigenvalue weighted by Crippen LogP contribution is -2.51. The van der Waals surface area contributed by atoms with Crippen LogP contribution >= 0.6 is 24.0 Å². The minimum atomic E-state index is -0.833. The van der Waals surface area contributed by atoms with E-state index in [0.717, 1.165) is 32.2 Å². The van der Waals surface area contributed by atoms with Gasteiger partial charge in [-0.25, -0.2) is 8.78 Å². The molecule has 0 aromatic heterocycles.